The molecule has 32 heavy (non-hydrogen) atoms. The van der Waals surface area contributed by atoms with Crippen molar-refractivity contribution in [2.45, 2.75) is 38.2 Å². The minimum atomic E-state index is -0.523. The van der Waals surface area contributed by atoms with Crippen molar-refractivity contribution in [2.24, 2.45) is 0 Å². The van der Waals surface area contributed by atoms with Gasteiger partial charge in [-0.25, -0.2) is 18.7 Å². The van der Waals surface area contributed by atoms with Crippen LogP contribution < -0.4 is 15.8 Å². The SMILES string of the molecule is CO.CSC.Nc1cc(F)c2c(Nc3ccc(F)cc3OC3CCCCC3)ncnc2c1. The molecule has 174 valence electrons. The van der Waals surface area contributed by atoms with Crippen molar-refractivity contribution in [3.63, 3.8) is 0 Å². The molecular weight excluding hydrogens is 434 g/mol. The summed E-state index contributed by atoms with van der Waals surface area (Å²) in [6.45, 7) is 0. The molecule has 1 saturated carbocycles. The fourth-order valence-corrected chi connectivity index (χ4v) is 3.44. The van der Waals surface area contributed by atoms with Crippen molar-refractivity contribution in [1.29, 1.82) is 0 Å². The van der Waals surface area contributed by atoms with E-state index in [9.17, 15) is 8.78 Å². The van der Waals surface area contributed by atoms with E-state index in [1.54, 1.807) is 23.9 Å². The van der Waals surface area contributed by atoms with E-state index in [2.05, 4.69) is 15.3 Å². The lowest BCUT2D eigenvalue weighted by atomic mass is 9.98. The van der Waals surface area contributed by atoms with Gasteiger partial charge in [-0.3, -0.25) is 0 Å². The van der Waals surface area contributed by atoms with Crippen LogP contribution in [0.4, 0.5) is 26.0 Å². The van der Waals surface area contributed by atoms with Crippen molar-refractivity contribution in [3.8, 4) is 5.75 Å². The average molecular weight is 465 g/mol. The smallest absolute Gasteiger partial charge is 0.146 e. The van der Waals surface area contributed by atoms with E-state index in [0.29, 0.717) is 17.0 Å². The first-order valence-corrected chi connectivity index (χ1v) is 11.9. The number of halogens is 2. The summed E-state index contributed by atoms with van der Waals surface area (Å²) in [5.74, 6) is -0.245. The molecule has 0 unspecified atom stereocenters. The van der Waals surface area contributed by atoms with Gasteiger partial charge in [0.25, 0.3) is 0 Å². The Hall–Kier alpha value is -2.65. The normalized spacial score (nSPS) is 13.4. The van der Waals surface area contributed by atoms with Crippen molar-refractivity contribution < 1.29 is 18.6 Å². The zero-order valence-electron chi connectivity index (χ0n) is 18.6. The first-order valence-electron chi connectivity index (χ1n) is 10.3. The summed E-state index contributed by atoms with van der Waals surface area (Å²) in [7, 11) is 1.00. The van der Waals surface area contributed by atoms with E-state index >= 15 is 0 Å². The monoisotopic (exact) mass is 464 g/mol. The number of nitrogens with zero attached hydrogens (tertiary/aromatic N) is 2. The zero-order valence-corrected chi connectivity index (χ0v) is 19.4. The van der Waals surface area contributed by atoms with E-state index in [0.717, 1.165) is 32.8 Å². The molecule has 1 fully saturated rings. The van der Waals surface area contributed by atoms with Gasteiger partial charge in [0.15, 0.2) is 0 Å². The summed E-state index contributed by atoms with van der Waals surface area (Å²) in [6.07, 6.45) is 10.8. The number of anilines is 3. The lowest BCUT2D eigenvalue weighted by Crippen LogP contribution is -2.20. The van der Waals surface area contributed by atoms with Gasteiger partial charge in [-0.2, -0.15) is 11.8 Å². The highest BCUT2D eigenvalue weighted by molar-refractivity contribution is 7.97. The minimum absolute atomic E-state index is 0.0553. The third-order valence-electron chi connectivity index (χ3n) is 4.75. The minimum Gasteiger partial charge on any atom is -0.488 e. The summed E-state index contributed by atoms with van der Waals surface area (Å²) < 4.78 is 34.3. The van der Waals surface area contributed by atoms with Gasteiger partial charge < -0.3 is 20.9 Å². The lowest BCUT2D eigenvalue weighted by Gasteiger charge is -2.24. The molecule has 0 bridgehead atoms. The molecule has 1 heterocycles. The number of thioether (sulfide) groups is 1. The van der Waals surface area contributed by atoms with Crippen LogP contribution in [0.5, 0.6) is 5.75 Å². The van der Waals surface area contributed by atoms with Crippen LogP contribution in [0.25, 0.3) is 10.9 Å². The van der Waals surface area contributed by atoms with Crippen LogP contribution in [0.2, 0.25) is 0 Å². The molecule has 4 rings (SSSR count). The molecule has 4 N–H and O–H groups in total. The standard InChI is InChI=1S/C20H20F2N4O.C2H6S.CH4O/c21-12-6-7-16(18(8-12)27-14-4-2-1-3-5-14)26-20-19-15(22)9-13(23)10-17(19)24-11-25-20;1-3-2;1-2/h6-11,14H,1-5,23H2,(H,24,25,26);1-2H3;2H,1H3. The Morgan fingerprint density at radius 2 is 1.75 bits per heavy atom. The topological polar surface area (TPSA) is 93.3 Å². The quantitative estimate of drug-likeness (QED) is 0.437. The number of aromatic nitrogens is 2. The maximum atomic E-state index is 14.5. The molecule has 0 amide bonds. The number of aliphatic hydroxyl groups excluding tert-OH is 1. The van der Waals surface area contributed by atoms with Gasteiger partial charge in [0.1, 0.15) is 29.5 Å². The van der Waals surface area contributed by atoms with Crippen molar-refractivity contribution in [2.75, 3.05) is 30.7 Å². The molecule has 0 aliphatic heterocycles. The second-order valence-corrected chi connectivity index (χ2v) is 7.99. The van der Waals surface area contributed by atoms with Gasteiger partial charge in [-0.1, -0.05) is 6.42 Å². The lowest BCUT2D eigenvalue weighted by molar-refractivity contribution is 0.155. The Morgan fingerprint density at radius 1 is 1.06 bits per heavy atom. The number of aliphatic hydroxyl groups is 1. The molecule has 1 aliphatic rings. The molecule has 1 aromatic heterocycles. The number of rotatable bonds is 4. The second-order valence-electron chi connectivity index (χ2n) is 7.17. The molecule has 9 heteroatoms. The highest BCUT2D eigenvalue weighted by atomic mass is 32.2. The van der Waals surface area contributed by atoms with Crippen LogP contribution in [0, 0.1) is 11.6 Å². The summed E-state index contributed by atoms with van der Waals surface area (Å²) in [6, 6.07) is 7.04. The van der Waals surface area contributed by atoms with E-state index in [-0.39, 0.29) is 23.0 Å². The first kappa shape index (κ1) is 25.6. The second kappa shape index (κ2) is 13.0. The van der Waals surface area contributed by atoms with Crippen LogP contribution in [-0.4, -0.2) is 40.8 Å². The van der Waals surface area contributed by atoms with Crippen molar-refractivity contribution in [1.82, 2.24) is 9.97 Å². The Balaban J connectivity index is 0.000000671. The molecule has 6 nitrogen and oxygen atoms in total. The Kier molecular flexibility index (Phi) is 10.4. The van der Waals surface area contributed by atoms with Gasteiger partial charge in [0, 0.05) is 18.9 Å². The largest absolute Gasteiger partial charge is 0.488 e. The molecule has 0 saturated heterocycles. The number of nitrogen functional groups attached to an aromatic ring is 1. The fraction of sp³-hybridized carbons (Fsp3) is 0.391. The van der Waals surface area contributed by atoms with E-state index in [1.807, 2.05) is 12.5 Å². The zero-order chi connectivity index (χ0) is 23.5. The van der Waals surface area contributed by atoms with Crippen LogP contribution in [-0.2, 0) is 0 Å². The van der Waals surface area contributed by atoms with E-state index in [1.165, 1.54) is 30.9 Å². The number of ether oxygens (including phenoxy) is 1. The number of nitrogens with one attached hydrogen (secondary N) is 1. The molecule has 0 spiro atoms. The average Bonchev–Trinajstić information content (AvgIpc) is 2.78. The maximum absolute atomic E-state index is 14.5. The number of hydrogen-bond acceptors (Lipinski definition) is 7. The molecule has 3 aromatic rings. The maximum Gasteiger partial charge on any atom is 0.146 e. The van der Waals surface area contributed by atoms with Crippen LogP contribution >= 0.6 is 11.8 Å². The van der Waals surface area contributed by atoms with Crippen molar-refractivity contribution in [3.05, 3.63) is 48.3 Å². The highest BCUT2D eigenvalue weighted by Gasteiger charge is 2.18. The van der Waals surface area contributed by atoms with Gasteiger partial charge in [0.05, 0.1) is 22.7 Å². The molecule has 1 aliphatic carbocycles. The Labute approximate surface area is 191 Å². The molecule has 0 atom stereocenters. The molecule has 2 aromatic carbocycles. The Morgan fingerprint density at radius 3 is 2.44 bits per heavy atom. The molecule has 0 radical (unpaired) electrons. The van der Waals surface area contributed by atoms with Gasteiger partial charge in [-0.05, 0) is 62.5 Å². The third kappa shape index (κ3) is 6.93. The van der Waals surface area contributed by atoms with E-state index < -0.39 is 11.6 Å². The van der Waals surface area contributed by atoms with Gasteiger partial charge in [-0.15, -0.1) is 0 Å². The summed E-state index contributed by atoms with van der Waals surface area (Å²) in [4.78, 5) is 8.22. The predicted molar refractivity (Wildman–Crippen MR) is 129 cm³/mol. The van der Waals surface area contributed by atoms with E-state index in [4.69, 9.17) is 15.6 Å². The summed E-state index contributed by atoms with van der Waals surface area (Å²) in [5.41, 5.74) is 6.89. The summed E-state index contributed by atoms with van der Waals surface area (Å²) in [5, 5.41) is 10.3. The number of benzene rings is 2. The molecular formula is C23H30F2N4O2S. The number of hydrogen-bond donors (Lipinski definition) is 3. The number of nitrogens with two attached hydrogens (primary N) is 1. The predicted octanol–water partition coefficient (Wildman–Crippen LogP) is 5.53. The van der Waals surface area contributed by atoms with Crippen LogP contribution in [0.3, 0.4) is 0 Å². The van der Waals surface area contributed by atoms with Gasteiger partial charge in [0.2, 0.25) is 0 Å². The fourth-order valence-electron chi connectivity index (χ4n) is 3.44. The van der Waals surface area contributed by atoms with Crippen molar-refractivity contribution >= 4 is 39.9 Å². The highest BCUT2D eigenvalue weighted by Crippen LogP contribution is 2.34. The van der Waals surface area contributed by atoms with Crippen LogP contribution in [0.15, 0.2) is 36.7 Å². The Bertz CT molecular complexity index is 1000. The number of fused-ring (bicyclic) bond motifs is 1. The van der Waals surface area contributed by atoms with Crippen LogP contribution in [0.1, 0.15) is 32.1 Å². The first-order chi connectivity index (χ1) is 15.5. The van der Waals surface area contributed by atoms with Gasteiger partial charge >= 0.3 is 0 Å². The third-order valence-corrected chi connectivity index (χ3v) is 4.75. The summed E-state index contributed by atoms with van der Waals surface area (Å²) >= 11 is 1.75.